The highest BCUT2D eigenvalue weighted by Crippen LogP contribution is 2.36. The lowest BCUT2D eigenvalue weighted by molar-refractivity contribution is 0.305. The van der Waals surface area contributed by atoms with Gasteiger partial charge in [-0.2, -0.15) is 17.0 Å². The fourth-order valence-corrected chi connectivity index (χ4v) is 3.84. The van der Waals surface area contributed by atoms with Crippen LogP contribution in [0.5, 0.6) is 0 Å². The molecule has 0 bridgehead atoms. The highest BCUT2D eigenvalue weighted by atomic mass is 35.5. The first-order valence-electron chi connectivity index (χ1n) is 6.07. The first-order chi connectivity index (χ1) is 8.53. The number of nitriles is 1. The molecule has 4 heteroatoms. The van der Waals surface area contributed by atoms with E-state index in [-0.39, 0.29) is 5.41 Å². The van der Waals surface area contributed by atoms with Crippen LogP contribution >= 0.6 is 23.4 Å². The van der Waals surface area contributed by atoms with Crippen LogP contribution in [0.2, 0.25) is 5.02 Å². The third-order valence-electron chi connectivity index (χ3n) is 3.55. The summed E-state index contributed by atoms with van der Waals surface area (Å²) in [5.41, 5.74) is 1.80. The molecule has 1 unspecified atom stereocenters. The third-order valence-corrected chi connectivity index (χ3v) is 4.94. The number of nitrogens with one attached hydrogen (secondary N) is 1. The fourth-order valence-electron chi connectivity index (χ4n) is 2.08. The summed E-state index contributed by atoms with van der Waals surface area (Å²) < 4.78 is 0. The fraction of sp³-hybridized carbons (Fsp3) is 0.500. The van der Waals surface area contributed by atoms with Gasteiger partial charge in [-0.3, -0.25) is 0 Å². The molecule has 0 aromatic heterocycles. The van der Waals surface area contributed by atoms with Crippen LogP contribution in [-0.2, 0) is 0 Å². The number of hydrogen-bond acceptors (Lipinski definition) is 3. The van der Waals surface area contributed by atoms with Crippen molar-refractivity contribution in [1.29, 1.82) is 5.26 Å². The summed E-state index contributed by atoms with van der Waals surface area (Å²) in [7, 11) is 0. The molecule has 0 saturated carbocycles. The average Bonchev–Trinajstić information content (AvgIpc) is 2.34. The van der Waals surface area contributed by atoms with Crippen molar-refractivity contribution in [2.24, 2.45) is 5.41 Å². The van der Waals surface area contributed by atoms with Gasteiger partial charge in [-0.25, -0.2) is 0 Å². The standard InChI is InChI=1S/C14H17ClN2S/c1-14(2)5-6-18-9-13(14)17-11-3-4-12(15)10(7-11)8-16/h3-4,7,13,17H,5-6,9H2,1-2H3. The lowest BCUT2D eigenvalue weighted by Gasteiger charge is -2.39. The Labute approximate surface area is 118 Å². The first-order valence-corrected chi connectivity index (χ1v) is 7.60. The molecule has 1 saturated heterocycles. The number of rotatable bonds is 2. The zero-order valence-corrected chi connectivity index (χ0v) is 12.2. The zero-order chi connectivity index (χ0) is 13.2. The molecule has 0 spiro atoms. The van der Waals surface area contributed by atoms with Gasteiger partial charge in [-0.15, -0.1) is 0 Å². The van der Waals surface area contributed by atoms with E-state index in [9.17, 15) is 0 Å². The normalized spacial score (nSPS) is 22.2. The zero-order valence-electron chi connectivity index (χ0n) is 10.7. The van der Waals surface area contributed by atoms with Crippen molar-refractivity contribution in [2.75, 3.05) is 16.8 Å². The Bertz CT molecular complexity index is 479. The molecule has 0 amide bonds. The maximum Gasteiger partial charge on any atom is 0.101 e. The lowest BCUT2D eigenvalue weighted by atomic mass is 9.82. The lowest BCUT2D eigenvalue weighted by Crippen LogP contribution is -2.41. The third kappa shape index (κ3) is 2.93. The SMILES string of the molecule is CC1(C)CCSCC1Nc1ccc(Cl)c(C#N)c1. The van der Waals surface area contributed by atoms with Gasteiger partial charge in [0.2, 0.25) is 0 Å². The van der Waals surface area contributed by atoms with Gasteiger partial charge in [0, 0.05) is 17.5 Å². The molecule has 1 aliphatic rings. The van der Waals surface area contributed by atoms with Gasteiger partial charge in [0.1, 0.15) is 6.07 Å². The van der Waals surface area contributed by atoms with E-state index >= 15 is 0 Å². The van der Waals surface area contributed by atoms with E-state index in [2.05, 4.69) is 25.2 Å². The molecular weight excluding hydrogens is 264 g/mol. The molecule has 1 aromatic carbocycles. The van der Waals surface area contributed by atoms with Gasteiger partial charge < -0.3 is 5.32 Å². The van der Waals surface area contributed by atoms with Crippen molar-refractivity contribution in [3.05, 3.63) is 28.8 Å². The Morgan fingerprint density at radius 1 is 1.50 bits per heavy atom. The van der Waals surface area contributed by atoms with Crippen LogP contribution in [0.3, 0.4) is 0 Å². The quantitative estimate of drug-likeness (QED) is 0.884. The van der Waals surface area contributed by atoms with Crippen LogP contribution in [-0.4, -0.2) is 17.5 Å². The van der Waals surface area contributed by atoms with E-state index < -0.39 is 0 Å². The van der Waals surface area contributed by atoms with E-state index in [1.54, 1.807) is 6.07 Å². The molecular formula is C14H17ClN2S. The number of nitrogens with zero attached hydrogens (tertiary/aromatic N) is 1. The minimum atomic E-state index is 0.289. The Kier molecular flexibility index (Phi) is 4.09. The summed E-state index contributed by atoms with van der Waals surface area (Å²) in [6.07, 6.45) is 1.22. The molecule has 96 valence electrons. The van der Waals surface area contributed by atoms with Crippen molar-refractivity contribution < 1.29 is 0 Å². The molecule has 2 nitrogen and oxygen atoms in total. The number of halogens is 1. The Balaban J connectivity index is 2.16. The predicted molar refractivity (Wildman–Crippen MR) is 79.3 cm³/mol. The molecule has 18 heavy (non-hydrogen) atoms. The summed E-state index contributed by atoms with van der Waals surface area (Å²) in [6, 6.07) is 8.11. The van der Waals surface area contributed by atoms with Gasteiger partial charge in [0.15, 0.2) is 0 Å². The second-order valence-corrected chi connectivity index (χ2v) is 6.87. The van der Waals surface area contributed by atoms with Crippen LogP contribution in [0, 0.1) is 16.7 Å². The van der Waals surface area contributed by atoms with Gasteiger partial charge in [-0.1, -0.05) is 25.4 Å². The van der Waals surface area contributed by atoms with Crippen LogP contribution in [0.25, 0.3) is 0 Å². The molecule has 1 aliphatic heterocycles. The molecule has 1 atom stereocenters. The van der Waals surface area contributed by atoms with E-state index in [0.29, 0.717) is 16.6 Å². The van der Waals surface area contributed by atoms with E-state index in [0.717, 1.165) is 11.4 Å². The Hall–Kier alpha value is -0.850. The summed E-state index contributed by atoms with van der Waals surface area (Å²) in [5.74, 6) is 2.34. The number of benzene rings is 1. The average molecular weight is 281 g/mol. The number of anilines is 1. The van der Waals surface area contributed by atoms with Crippen LogP contribution in [0.4, 0.5) is 5.69 Å². The maximum atomic E-state index is 8.99. The van der Waals surface area contributed by atoms with Gasteiger partial charge in [0.25, 0.3) is 0 Å². The van der Waals surface area contributed by atoms with Gasteiger partial charge >= 0.3 is 0 Å². The molecule has 1 N–H and O–H groups in total. The smallest absolute Gasteiger partial charge is 0.101 e. The van der Waals surface area contributed by atoms with Crippen molar-refractivity contribution >= 4 is 29.1 Å². The topological polar surface area (TPSA) is 35.8 Å². The molecule has 0 aliphatic carbocycles. The molecule has 1 heterocycles. The second-order valence-electron chi connectivity index (χ2n) is 5.32. The van der Waals surface area contributed by atoms with Crippen molar-refractivity contribution in [2.45, 2.75) is 26.3 Å². The van der Waals surface area contributed by atoms with Gasteiger partial charge in [-0.05, 0) is 35.8 Å². The van der Waals surface area contributed by atoms with Crippen LogP contribution in [0.15, 0.2) is 18.2 Å². The summed E-state index contributed by atoms with van der Waals surface area (Å²) in [5, 5.41) is 13.0. The summed E-state index contributed by atoms with van der Waals surface area (Å²) in [6.45, 7) is 4.59. The highest BCUT2D eigenvalue weighted by molar-refractivity contribution is 7.99. The van der Waals surface area contributed by atoms with Crippen molar-refractivity contribution in [3.63, 3.8) is 0 Å². The first kappa shape index (κ1) is 13.6. The van der Waals surface area contributed by atoms with Crippen molar-refractivity contribution in [3.8, 4) is 6.07 Å². The Morgan fingerprint density at radius 3 is 2.94 bits per heavy atom. The Morgan fingerprint density at radius 2 is 2.28 bits per heavy atom. The minimum Gasteiger partial charge on any atom is -0.381 e. The maximum absolute atomic E-state index is 8.99. The van der Waals surface area contributed by atoms with Crippen LogP contribution < -0.4 is 5.32 Å². The second kappa shape index (κ2) is 5.42. The van der Waals surface area contributed by atoms with E-state index in [1.165, 1.54) is 12.2 Å². The van der Waals surface area contributed by atoms with E-state index in [4.69, 9.17) is 16.9 Å². The number of hydrogen-bond donors (Lipinski definition) is 1. The molecule has 2 rings (SSSR count). The number of thioether (sulfide) groups is 1. The highest BCUT2D eigenvalue weighted by Gasteiger charge is 2.32. The monoisotopic (exact) mass is 280 g/mol. The molecule has 1 fully saturated rings. The summed E-state index contributed by atoms with van der Waals surface area (Å²) in [4.78, 5) is 0. The predicted octanol–water partition coefficient (Wildman–Crippen LogP) is 4.16. The minimum absolute atomic E-state index is 0.289. The largest absolute Gasteiger partial charge is 0.381 e. The van der Waals surface area contributed by atoms with Crippen molar-refractivity contribution in [1.82, 2.24) is 0 Å². The summed E-state index contributed by atoms with van der Waals surface area (Å²) >= 11 is 7.92. The molecule has 1 aromatic rings. The molecule has 0 radical (unpaired) electrons. The van der Waals surface area contributed by atoms with E-state index in [1.807, 2.05) is 23.9 Å². The van der Waals surface area contributed by atoms with Crippen LogP contribution in [0.1, 0.15) is 25.8 Å². The van der Waals surface area contributed by atoms with Gasteiger partial charge in [0.05, 0.1) is 10.6 Å².